The minimum absolute atomic E-state index is 0.0427. The van der Waals surface area contributed by atoms with Crippen molar-refractivity contribution in [3.8, 4) is 5.75 Å². The largest absolute Gasteiger partial charge is 0.506 e. The smallest absolute Gasteiger partial charge is 0.227 e. The molecular weight excluding hydrogens is 296 g/mol. The summed E-state index contributed by atoms with van der Waals surface area (Å²) in [6.45, 7) is 0.772. The van der Waals surface area contributed by atoms with Crippen LogP contribution in [0.5, 0.6) is 5.75 Å². The lowest BCUT2D eigenvalue weighted by Gasteiger charge is -2.17. The molecule has 7 nitrogen and oxygen atoms in total. The highest BCUT2D eigenvalue weighted by Gasteiger charge is 2.35. The number of para-hydroxylation sites is 2. The van der Waals surface area contributed by atoms with E-state index in [0.717, 1.165) is 5.69 Å². The van der Waals surface area contributed by atoms with Crippen LogP contribution < -0.4 is 10.2 Å². The van der Waals surface area contributed by atoms with Gasteiger partial charge >= 0.3 is 0 Å². The third-order valence-corrected chi connectivity index (χ3v) is 3.92. The molecule has 1 aromatic heterocycles. The Hall–Kier alpha value is -2.83. The van der Waals surface area contributed by atoms with E-state index < -0.39 is 5.92 Å². The second-order valence-corrected chi connectivity index (χ2v) is 5.51. The molecule has 1 saturated heterocycles. The van der Waals surface area contributed by atoms with Crippen LogP contribution in [0.2, 0.25) is 0 Å². The van der Waals surface area contributed by atoms with Gasteiger partial charge in [0.1, 0.15) is 5.75 Å². The summed E-state index contributed by atoms with van der Waals surface area (Å²) in [6, 6.07) is 6.64. The highest BCUT2D eigenvalue weighted by atomic mass is 16.3. The molecule has 1 atom stereocenters. The molecule has 7 heteroatoms. The first-order valence-electron chi connectivity index (χ1n) is 7.48. The molecule has 2 amide bonds. The summed E-state index contributed by atoms with van der Waals surface area (Å²) < 4.78 is 0. The number of amides is 2. The van der Waals surface area contributed by atoms with Gasteiger partial charge in [0.05, 0.1) is 17.9 Å². The molecule has 1 aromatic carbocycles. The van der Waals surface area contributed by atoms with Gasteiger partial charge in [-0.15, -0.1) is 0 Å². The van der Waals surface area contributed by atoms with Crippen molar-refractivity contribution >= 4 is 17.5 Å². The highest BCUT2D eigenvalue weighted by molar-refractivity contribution is 6.01. The van der Waals surface area contributed by atoms with Gasteiger partial charge in [-0.25, -0.2) is 4.98 Å². The van der Waals surface area contributed by atoms with Crippen molar-refractivity contribution in [2.24, 2.45) is 5.92 Å². The maximum Gasteiger partial charge on any atom is 0.227 e. The van der Waals surface area contributed by atoms with E-state index in [1.54, 1.807) is 30.7 Å². The number of nitrogens with zero attached hydrogens (tertiary/aromatic N) is 2. The number of anilines is 1. The van der Waals surface area contributed by atoms with Gasteiger partial charge in [0.2, 0.25) is 11.8 Å². The molecule has 1 aliphatic heterocycles. The molecule has 2 aromatic rings. The summed E-state index contributed by atoms with van der Waals surface area (Å²) in [5.41, 5.74) is 1.40. The molecule has 2 heterocycles. The SMILES string of the molecule is O=C(NCCc1cnc[nH]1)C1CC(=O)N(c2ccccc2O)C1. The van der Waals surface area contributed by atoms with Crippen LogP contribution in [-0.2, 0) is 16.0 Å². The molecule has 23 heavy (non-hydrogen) atoms. The van der Waals surface area contributed by atoms with Crippen molar-refractivity contribution in [2.45, 2.75) is 12.8 Å². The lowest BCUT2D eigenvalue weighted by atomic mass is 10.1. The van der Waals surface area contributed by atoms with E-state index in [0.29, 0.717) is 18.7 Å². The number of carbonyl (C=O) groups is 2. The van der Waals surface area contributed by atoms with E-state index in [9.17, 15) is 14.7 Å². The molecule has 0 radical (unpaired) electrons. The Balaban J connectivity index is 1.56. The van der Waals surface area contributed by atoms with Gasteiger partial charge in [0.25, 0.3) is 0 Å². The number of aromatic amines is 1. The summed E-state index contributed by atoms with van der Waals surface area (Å²) in [4.78, 5) is 32.7. The molecule has 0 bridgehead atoms. The number of hydrogen-bond donors (Lipinski definition) is 3. The monoisotopic (exact) mass is 314 g/mol. The number of hydrogen-bond acceptors (Lipinski definition) is 4. The topological polar surface area (TPSA) is 98.3 Å². The van der Waals surface area contributed by atoms with E-state index in [1.165, 1.54) is 11.0 Å². The molecule has 1 unspecified atom stereocenters. The number of benzene rings is 1. The maximum absolute atomic E-state index is 12.2. The van der Waals surface area contributed by atoms with Gasteiger partial charge in [0.15, 0.2) is 0 Å². The Labute approximate surface area is 133 Å². The van der Waals surface area contributed by atoms with Crippen LogP contribution >= 0.6 is 0 Å². The minimum Gasteiger partial charge on any atom is -0.506 e. The third-order valence-electron chi connectivity index (χ3n) is 3.92. The summed E-state index contributed by atoms with van der Waals surface area (Å²) >= 11 is 0. The average Bonchev–Trinajstić information content (AvgIpc) is 3.17. The number of aromatic hydroxyl groups is 1. The Morgan fingerprint density at radius 2 is 2.26 bits per heavy atom. The zero-order chi connectivity index (χ0) is 16.2. The molecule has 0 aliphatic carbocycles. The van der Waals surface area contributed by atoms with E-state index in [4.69, 9.17) is 0 Å². The first-order chi connectivity index (χ1) is 11.1. The maximum atomic E-state index is 12.2. The highest BCUT2D eigenvalue weighted by Crippen LogP contribution is 2.31. The van der Waals surface area contributed by atoms with Crippen molar-refractivity contribution in [3.63, 3.8) is 0 Å². The Bertz CT molecular complexity index is 699. The van der Waals surface area contributed by atoms with Crippen LogP contribution in [0, 0.1) is 5.92 Å². The molecule has 0 saturated carbocycles. The van der Waals surface area contributed by atoms with Gasteiger partial charge in [-0.1, -0.05) is 12.1 Å². The standard InChI is InChI=1S/C16H18N4O3/c21-14-4-2-1-3-13(14)20-9-11(7-15(20)22)16(23)18-6-5-12-8-17-10-19-12/h1-4,8,10-11,21H,5-7,9H2,(H,17,19)(H,18,23). The number of phenols is 1. The molecule has 1 fully saturated rings. The molecule has 3 N–H and O–H groups in total. The van der Waals surface area contributed by atoms with Gasteiger partial charge < -0.3 is 20.3 Å². The fourth-order valence-corrected chi connectivity index (χ4v) is 2.69. The lowest BCUT2D eigenvalue weighted by Crippen LogP contribution is -2.34. The second-order valence-electron chi connectivity index (χ2n) is 5.51. The first kappa shape index (κ1) is 15.1. The van der Waals surface area contributed by atoms with Crippen molar-refractivity contribution in [1.29, 1.82) is 0 Å². The Kier molecular flexibility index (Phi) is 4.27. The number of H-pyrrole nitrogens is 1. The molecular formula is C16H18N4O3. The normalized spacial score (nSPS) is 17.5. The van der Waals surface area contributed by atoms with Gasteiger partial charge in [-0.3, -0.25) is 9.59 Å². The lowest BCUT2D eigenvalue weighted by molar-refractivity contribution is -0.126. The van der Waals surface area contributed by atoms with Crippen LogP contribution in [0.3, 0.4) is 0 Å². The molecule has 120 valence electrons. The Morgan fingerprint density at radius 1 is 1.43 bits per heavy atom. The zero-order valence-electron chi connectivity index (χ0n) is 12.5. The summed E-state index contributed by atoms with van der Waals surface area (Å²) in [5.74, 6) is -0.652. The summed E-state index contributed by atoms with van der Waals surface area (Å²) in [5, 5.41) is 12.7. The summed E-state index contributed by atoms with van der Waals surface area (Å²) in [6.07, 6.45) is 4.13. The van der Waals surface area contributed by atoms with Crippen LogP contribution in [0.15, 0.2) is 36.8 Å². The van der Waals surface area contributed by atoms with Crippen LogP contribution in [-0.4, -0.2) is 40.0 Å². The van der Waals surface area contributed by atoms with Crippen molar-refractivity contribution in [3.05, 3.63) is 42.5 Å². The van der Waals surface area contributed by atoms with E-state index in [2.05, 4.69) is 15.3 Å². The zero-order valence-corrected chi connectivity index (χ0v) is 12.5. The van der Waals surface area contributed by atoms with Crippen LogP contribution in [0.1, 0.15) is 12.1 Å². The van der Waals surface area contributed by atoms with Crippen LogP contribution in [0.25, 0.3) is 0 Å². The van der Waals surface area contributed by atoms with Gasteiger partial charge in [-0.2, -0.15) is 0 Å². The van der Waals surface area contributed by atoms with Gasteiger partial charge in [-0.05, 0) is 12.1 Å². The number of nitrogens with one attached hydrogen (secondary N) is 2. The third kappa shape index (κ3) is 3.33. The Morgan fingerprint density at radius 3 is 3.00 bits per heavy atom. The van der Waals surface area contributed by atoms with E-state index in [-0.39, 0.29) is 30.5 Å². The fourth-order valence-electron chi connectivity index (χ4n) is 2.69. The quantitative estimate of drug-likeness (QED) is 0.761. The van der Waals surface area contributed by atoms with Crippen molar-refractivity contribution in [1.82, 2.24) is 15.3 Å². The molecule has 1 aliphatic rings. The number of rotatable bonds is 5. The molecule has 0 spiro atoms. The van der Waals surface area contributed by atoms with Crippen molar-refractivity contribution in [2.75, 3.05) is 18.0 Å². The number of aromatic nitrogens is 2. The van der Waals surface area contributed by atoms with Crippen molar-refractivity contribution < 1.29 is 14.7 Å². The number of carbonyl (C=O) groups excluding carboxylic acids is 2. The molecule has 3 rings (SSSR count). The first-order valence-corrected chi connectivity index (χ1v) is 7.48. The number of imidazole rings is 1. The predicted molar refractivity (Wildman–Crippen MR) is 83.9 cm³/mol. The summed E-state index contributed by atoms with van der Waals surface area (Å²) in [7, 11) is 0. The predicted octanol–water partition coefficient (Wildman–Crippen LogP) is 0.827. The van der Waals surface area contributed by atoms with E-state index in [1.807, 2.05) is 0 Å². The van der Waals surface area contributed by atoms with Gasteiger partial charge in [0, 0.05) is 37.8 Å². The minimum atomic E-state index is -0.399. The number of phenolic OH excluding ortho intramolecular Hbond substituents is 1. The van der Waals surface area contributed by atoms with Crippen LogP contribution in [0.4, 0.5) is 5.69 Å². The fraction of sp³-hybridized carbons (Fsp3) is 0.312. The van der Waals surface area contributed by atoms with E-state index >= 15 is 0 Å². The average molecular weight is 314 g/mol. The second kappa shape index (κ2) is 6.51.